The Kier molecular flexibility index (Phi) is 6.54. The summed E-state index contributed by atoms with van der Waals surface area (Å²) in [6.45, 7) is 1.09. The van der Waals surface area contributed by atoms with Crippen molar-refractivity contribution >= 4 is 11.6 Å². The number of ether oxygens (including phenoxy) is 2. The van der Waals surface area contributed by atoms with Crippen LogP contribution in [0.5, 0.6) is 5.75 Å². The highest BCUT2D eigenvalue weighted by Gasteiger charge is 2.10. The van der Waals surface area contributed by atoms with Gasteiger partial charge in [0.15, 0.2) is 0 Å². The standard InChI is InChI=1S/C21H21N3O4/c1-27-14-13-24-20(25)12-11-19(23-24)21(26)22-17-7-9-18(10-8-17)28-15-16-5-3-2-4-6-16/h2-12H,13-15H2,1H3,(H,22,26). The number of methoxy groups -OCH3 is 1. The van der Waals surface area contributed by atoms with E-state index < -0.39 is 5.91 Å². The van der Waals surface area contributed by atoms with Crippen LogP contribution in [0.25, 0.3) is 0 Å². The molecule has 0 saturated carbocycles. The van der Waals surface area contributed by atoms with Crippen molar-refractivity contribution in [3.8, 4) is 5.75 Å². The van der Waals surface area contributed by atoms with Crippen LogP contribution in [0.3, 0.4) is 0 Å². The highest BCUT2D eigenvalue weighted by molar-refractivity contribution is 6.02. The fourth-order valence-corrected chi connectivity index (χ4v) is 2.48. The number of aromatic nitrogens is 2. The Morgan fingerprint density at radius 1 is 1.04 bits per heavy atom. The second-order valence-corrected chi connectivity index (χ2v) is 6.03. The Morgan fingerprint density at radius 2 is 1.79 bits per heavy atom. The van der Waals surface area contributed by atoms with Gasteiger partial charge in [-0.3, -0.25) is 9.59 Å². The summed E-state index contributed by atoms with van der Waals surface area (Å²) in [4.78, 5) is 24.2. The summed E-state index contributed by atoms with van der Waals surface area (Å²) in [5.74, 6) is 0.303. The van der Waals surface area contributed by atoms with Gasteiger partial charge in [0.25, 0.3) is 11.5 Å². The second kappa shape index (κ2) is 9.48. The molecule has 1 N–H and O–H groups in total. The van der Waals surface area contributed by atoms with Gasteiger partial charge in [-0.1, -0.05) is 30.3 Å². The molecule has 7 heteroatoms. The van der Waals surface area contributed by atoms with E-state index in [0.717, 1.165) is 5.56 Å². The second-order valence-electron chi connectivity index (χ2n) is 6.03. The van der Waals surface area contributed by atoms with Gasteiger partial charge in [0.2, 0.25) is 0 Å². The van der Waals surface area contributed by atoms with E-state index in [2.05, 4.69) is 10.4 Å². The van der Waals surface area contributed by atoms with Crippen LogP contribution in [0.4, 0.5) is 5.69 Å². The summed E-state index contributed by atoms with van der Waals surface area (Å²) in [6.07, 6.45) is 0. The first-order valence-corrected chi connectivity index (χ1v) is 8.81. The van der Waals surface area contributed by atoms with Gasteiger partial charge < -0.3 is 14.8 Å². The molecule has 0 bridgehead atoms. The van der Waals surface area contributed by atoms with Crippen molar-refractivity contribution in [2.75, 3.05) is 19.0 Å². The van der Waals surface area contributed by atoms with Crippen molar-refractivity contribution in [1.82, 2.24) is 9.78 Å². The molecule has 0 spiro atoms. The van der Waals surface area contributed by atoms with Crippen molar-refractivity contribution in [2.24, 2.45) is 0 Å². The van der Waals surface area contributed by atoms with Crippen molar-refractivity contribution in [3.63, 3.8) is 0 Å². The summed E-state index contributed by atoms with van der Waals surface area (Å²) in [6, 6.07) is 19.7. The van der Waals surface area contributed by atoms with E-state index in [-0.39, 0.29) is 17.8 Å². The molecule has 0 atom stereocenters. The van der Waals surface area contributed by atoms with E-state index in [4.69, 9.17) is 9.47 Å². The summed E-state index contributed by atoms with van der Waals surface area (Å²) >= 11 is 0. The predicted molar refractivity (Wildman–Crippen MR) is 106 cm³/mol. The molecule has 0 unspecified atom stereocenters. The van der Waals surface area contributed by atoms with Crippen molar-refractivity contribution < 1.29 is 14.3 Å². The van der Waals surface area contributed by atoms with Gasteiger partial charge >= 0.3 is 0 Å². The molecule has 0 aliphatic heterocycles. The molecule has 7 nitrogen and oxygen atoms in total. The van der Waals surface area contributed by atoms with E-state index in [1.807, 2.05) is 30.3 Å². The van der Waals surface area contributed by atoms with Crippen LogP contribution >= 0.6 is 0 Å². The van der Waals surface area contributed by atoms with Crippen LogP contribution in [-0.2, 0) is 17.9 Å². The summed E-state index contributed by atoms with van der Waals surface area (Å²) in [7, 11) is 1.54. The minimum Gasteiger partial charge on any atom is -0.489 e. The lowest BCUT2D eigenvalue weighted by molar-refractivity contribution is 0.101. The number of hydrogen-bond donors (Lipinski definition) is 1. The SMILES string of the molecule is COCCn1nc(C(=O)Nc2ccc(OCc3ccccc3)cc2)ccc1=O. The number of rotatable bonds is 8. The van der Waals surface area contributed by atoms with Crippen molar-refractivity contribution in [2.45, 2.75) is 13.2 Å². The first-order chi connectivity index (χ1) is 13.7. The first-order valence-electron chi connectivity index (χ1n) is 8.81. The maximum Gasteiger partial charge on any atom is 0.276 e. The smallest absolute Gasteiger partial charge is 0.276 e. The predicted octanol–water partition coefficient (Wildman–Crippen LogP) is 2.72. The minimum atomic E-state index is -0.399. The van der Waals surface area contributed by atoms with Crippen molar-refractivity contribution in [1.29, 1.82) is 0 Å². The molecule has 1 amide bonds. The molecule has 1 aromatic heterocycles. The molecule has 0 radical (unpaired) electrons. The quantitative estimate of drug-likeness (QED) is 0.651. The molecule has 0 aliphatic carbocycles. The molecule has 3 rings (SSSR count). The monoisotopic (exact) mass is 379 g/mol. The molecular formula is C21H21N3O4. The largest absolute Gasteiger partial charge is 0.489 e. The molecule has 0 saturated heterocycles. The number of nitrogens with one attached hydrogen (secondary N) is 1. The van der Waals surface area contributed by atoms with Crippen molar-refractivity contribution in [3.05, 3.63) is 88.3 Å². The van der Waals surface area contributed by atoms with Gasteiger partial charge in [-0.15, -0.1) is 0 Å². The Hall–Kier alpha value is -3.45. The summed E-state index contributed by atoms with van der Waals surface area (Å²) < 4.78 is 11.9. The molecule has 1 heterocycles. The zero-order valence-corrected chi connectivity index (χ0v) is 15.5. The van der Waals surface area contributed by atoms with Crippen LogP contribution in [0.1, 0.15) is 16.1 Å². The lowest BCUT2D eigenvalue weighted by Gasteiger charge is -2.09. The number of amides is 1. The van der Waals surface area contributed by atoms with Gasteiger partial charge in [-0.05, 0) is 35.9 Å². The molecule has 0 aliphatic rings. The summed E-state index contributed by atoms with van der Waals surface area (Å²) in [5.41, 5.74) is 1.55. The lowest BCUT2D eigenvalue weighted by atomic mass is 10.2. The summed E-state index contributed by atoms with van der Waals surface area (Å²) in [5, 5.41) is 6.83. The zero-order valence-electron chi connectivity index (χ0n) is 15.5. The Labute approximate surface area is 162 Å². The normalized spacial score (nSPS) is 10.5. The van der Waals surface area contributed by atoms with Gasteiger partial charge in [-0.25, -0.2) is 4.68 Å². The zero-order chi connectivity index (χ0) is 19.8. The fraction of sp³-hybridized carbons (Fsp3) is 0.190. The fourth-order valence-electron chi connectivity index (χ4n) is 2.48. The van der Waals surface area contributed by atoms with Crippen LogP contribution in [-0.4, -0.2) is 29.4 Å². The Balaban J connectivity index is 1.60. The molecule has 2 aromatic carbocycles. The topological polar surface area (TPSA) is 82.5 Å². The van der Waals surface area contributed by atoms with E-state index >= 15 is 0 Å². The molecule has 144 valence electrons. The van der Waals surface area contributed by atoms with Crippen LogP contribution in [0.2, 0.25) is 0 Å². The molecular weight excluding hydrogens is 358 g/mol. The van der Waals surface area contributed by atoms with E-state index in [1.54, 1.807) is 24.3 Å². The number of carbonyl (C=O) groups excluding carboxylic acids is 1. The average molecular weight is 379 g/mol. The molecule has 0 fully saturated rings. The number of carbonyl (C=O) groups is 1. The Morgan fingerprint density at radius 3 is 2.50 bits per heavy atom. The highest BCUT2D eigenvalue weighted by Crippen LogP contribution is 2.17. The van der Waals surface area contributed by atoms with Crippen LogP contribution in [0, 0.1) is 0 Å². The minimum absolute atomic E-state index is 0.153. The third kappa shape index (κ3) is 5.28. The van der Waals surface area contributed by atoms with Gasteiger partial charge in [0.1, 0.15) is 18.1 Å². The highest BCUT2D eigenvalue weighted by atomic mass is 16.5. The Bertz CT molecular complexity index is 969. The molecule has 3 aromatic rings. The van der Waals surface area contributed by atoms with E-state index in [1.165, 1.54) is 23.9 Å². The lowest BCUT2D eigenvalue weighted by Crippen LogP contribution is -2.27. The van der Waals surface area contributed by atoms with Crippen LogP contribution in [0.15, 0.2) is 71.5 Å². The maximum absolute atomic E-state index is 12.4. The molecule has 28 heavy (non-hydrogen) atoms. The van der Waals surface area contributed by atoms with Gasteiger partial charge in [-0.2, -0.15) is 5.10 Å². The number of anilines is 1. The maximum atomic E-state index is 12.4. The third-order valence-electron chi connectivity index (χ3n) is 3.97. The third-order valence-corrected chi connectivity index (χ3v) is 3.97. The van der Waals surface area contributed by atoms with E-state index in [0.29, 0.717) is 24.7 Å². The number of hydrogen-bond acceptors (Lipinski definition) is 5. The van der Waals surface area contributed by atoms with Gasteiger partial charge in [0, 0.05) is 18.9 Å². The number of nitrogens with zero attached hydrogens (tertiary/aromatic N) is 2. The van der Waals surface area contributed by atoms with Crippen LogP contribution < -0.4 is 15.6 Å². The first kappa shape index (κ1) is 19.3. The average Bonchev–Trinajstić information content (AvgIpc) is 2.73. The van der Waals surface area contributed by atoms with E-state index in [9.17, 15) is 9.59 Å². The van der Waals surface area contributed by atoms with Gasteiger partial charge in [0.05, 0.1) is 13.2 Å². The number of benzene rings is 2.